The Hall–Kier alpha value is -2.45. The number of hydrogen-bond acceptors (Lipinski definition) is 3. The third kappa shape index (κ3) is 3.69. The van der Waals surface area contributed by atoms with Gasteiger partial charge in [-0.05, 0) is 23.8 Å². The Bertz CT molecular complexity index is 999. The first kappa shape index (κ1) is 22.7. The molecule has 1 unspecified atom stereocenters. The molecule has 0 saturated carbocycles. The van der Waals surface area contributed by atoms with Crippen molar-refractivity contribution in [2.24, 2.45) is 17.8 Å². The van der Waals surface area contributed by atoms with Crippen LogP contribution in [0.3, 0.4) is 0 Å². The molecule has 0 aliphatic carbocycles. The van der Waals surface area contributed by atoms with Crippen molar-refractivity contribution >= 4 is 5.91 Å². The molecule has 2 aliphatic rings. The number of halogens is 4. The second-order valence-electron chi connectivity index (χ2n) is 9.00. The highest BCUT2D eigenvalue weighted by Crippen LogP contribution is 2.44. The van der Waals surface area contributed by atoms with Crippen LogP contribution >= 0.6 is 0 Å². The molecule has 32 heavy (non-hydrogen) atoms. The van der Waals surface area contributed by atoms with E-state index in [1.165, 1.54) is 18.2 Å². The number of nitrogens with one attached hydrogen (secondary N) is 1. The van der Waals surface area contributed by atoms with Gasteiger partial charge in [0.25, 0.3) is 0 Å². The van der Waals surface area contributed by atoms with Crippen molar-refractivity contribution in [2.75, 3.05) is 26.2 Å². The maximum atomic E-state index is 14.5. The fourth-order valence-electron chi connectivity index (χ4n) is 5.35. The van der Waals surface area contributed by atoms with Gasteiger partial charge in [0.2, 0.25) is 5.91 Å². The maximum Gasteiger partial charge on any atom is 0.227 e. The fourth-order valence-corrected chi connectivity index (χ4v) is 5.35. The highest BCUT2D eigenvalue weighted by Gasteiger charge is 2.50. The smallest absolute Gasteiger partial charge is 0.227 e. The van der Waals surface area contributed by atoms with E-state index in [0.717, 1.165) is 18.2 Å². The molecular weight excluding hydrogens is 424 g/mol. The van der Waals surface area contributed by atoms with Crippen LogP contribution in [0.25, 0.3) is 0 Å². The minimum atomic E-state index is -1.78. The Morgan fingerprint density at radius 3 is 2.22 bits per heavy atom. The van der Waals surface area contributed by atoms with E-state index < -0.39 is 52.5 Å². The lowest BCUT2D eigenvalue weighted by molar-refractivity contribution is -0.153. The van der Waals surface area contributed by atoms with Gasteiger partial charge in [-0.25, -0.2) is 17.6 Å². The summed E-state index contributed by atoms with van der Waals surface area (Å²) in [7, 11) is 0. The highest BCUT2D eigenvalue weighted by atomic mass is 19.1. The van der Waals surface area contributed by atoms with Crippen molar-refractivity contribution < 1.29 is 27.5 Å². The van der Waals surface area contributed by atoms with Gasteiger partial charge in [-0.2, -0.15) is 0 Å². The van der Waals surface area contributed by atoms with Crippen LogP contribution in [0.5, 0.6) is 0 Å². The number of rotatable bonds is 3. The average molecular weight is 450 g/mol. The van der Waals surface area contributed by atoms with Crippen LogP contribution in [0.4, 0.5) is 17.6 Å². The highest BCUT2D eigenvalue weighted by molar-refractivity contribution is 5.81. The molecule has 0 spiro atoms. The number of nitrogens with zero attached hydrogens (tertiary/aromatic N) is 1. The topological polar surface area (TPSA) is 52.6 Å². The van der Waals surface area contributed by atoms with Crippen molar-refractivity contribution in [1.29, 1.82) is 0 Å². The Labute approximate surface area is 184 Å². The molecule has 172 valence electrons. The van der Waals surface area contributed by atoms with Crippen molar-refractivity contribution in [3.63, 3.8) is 0 Å². The van der Waals surface area contributed by atoms with Crippen molar-refractivity contribution in [1.82, 2.24) is 10.2 Å². The number of likely N-dealkylation sites (tertiary alicyclic amines) is 1. The van der Waals surface area contributed by atoms with Crippen LogP contribution < -0.4 is 5.32 Å². The van der Waals surface area contributed by atoms with E-state index >= 15 is 0 Å². The maximum absolute atomic E-state index is 14.5. The molecule has 8 heteroatoms. The van der Waals surface area contributed by atoms with Gasteiger partial charge >= 0.3 is 0 Å². The van der Waals surface area contributed by atoms with Crippen molar-refractivity contribution in [2.45, 2.75) is 25.4 Å². The molecule has 2 saturated heterocycles. The quantitative estimate of drug-likeness (QED) is 0.704. The van der Waals surface area contributed by atoms with E-state index in [4.69, 9.17) is 0 Å². The van der Waals surface area contributed by atoms with Crippen LogP contribution in [0.1, 0.15) is 30.9 Å². The van der Waals surface area contributed by atoms with E-state index in [1.54, 1.807) is 18.7 Å². The zero-order chi connectivity index (χ0) is 23.2. The Kier molecular flexibility index (Phi) is 6.02. The second-order valence-corrected chi connectivity index (χ2v) is 9.00. The summed E-state index contributed by atoms with van der Waals surface area (Å²) in [6.45, 7) is 4.23. The van der Waals surface area contributed by atoms with Gasteiger partial charge in [0.1, 0.15) is 28.9 Å². The first-order valence-electron chi connectivity index (χ1n) is 10.8. The molecule has 4 nitrogen and oxygen atoms in total. The summed E-state index contributed by atoms with van der Waals surface area (Å²) in [4.78, 5) is 15.0. The average Bonchev–Trinajstić information content (AvgIpc) is 3.20. The van der Waals surface area contributed by atoms with Crippen LogP contribution in [-0.2, 0) is 10.4 Å². The fraction of sp³-hybridized carbons (Fsp3) is 0.458. The summed E-state index contributed by atoms with van der Waals surface area (Å²) in [5.41, 5.74) is -1.87. The van der Waals surface area contributed by atoms with Gasteiger partial charge in [-0.15, -0.1) is 0 Å². The molecule has 0 radical (unpaired) electrons. The summed E-state index contributed by atoms with van der Waals surface area (Å²) < 4.78 is 56.7. The summed E-state index contributed by atoms with van der Waals surface area (Å²) in [5, 5.41) is 14.5. The summed E-state index contributed by atoms with van der Waals surface area (Å²) in [6, 6.07) is 6.81. The van der Waals surface area contributed by atoms with E-state index in [2.05, 4.69) is 5.32 Å². The Morgan fingerprint density at radius 2 is 1.62 bits per heavy atom. The lowest BCUT2D eigenvalue weighted by atomic mass is 9.70. The molecule has 2 N–H and O–H groups in total. The molecule has 4 rings (SSSR count). The van der Waals surface area contributed by atoms with E-state index in [0.29, 0.717) is 13.1 Å². The van der Waals surface area contributed by atoms with Gasteiger partial charge in [-0.1, -0.05) is 26.0 Å². The SMILES string of the molecule is C[C@@H]1CN(C(=O)[C@@H]2CNC[C@H]2c2ccc(F)cc2F)C[C@H](C)C1(O)c1c(F)cccc1F. The van der Waals surface area contributed by atoms with Crippen molar-refractivity contribution in [3.8, 4) is 0 Å². The zero-order valence-corrected chi connectivity index (χ0v) is 17.9. The van der Waals surface area contributed by atoms with Crippen LogP contribution in [0.15, 0.2) is 36.4 Å². The number of benzene rings is 2. The molecule has 2 aliphatic heterocycles. The Balaban J connectivity index is 1.58. The molecule has 5 atom stereocenters. The molecule has 1 amide bonds. The van der Waals surface area contributed by atoms with Gasteiger partial charge in [0, 0.05) is 50.0 Å². The second kappa shape index (κ2) is 8.48. The molecular formula is C24H26F4N2O2. The minimum Gasteiger partial charge on any atom is -0.384 e. The van der Waals surface area contributed by atoms with Gasteiger partial charge < -0.3 is 15.3 Å². The van der Waals surface area contributed by atoms with Crippen LogP contribution in [0, 0.1) is 41.0 Å². The summed E-state index contributed by atoms with van der Waals surface area (Å²) in [5.74, 6) is -5.55. The van der Waals surface area contributed by atoms with Crippen LogP contribution in [0.2, 0.25) is 0 Å². The Morgan fingerprint density at radius 1 is 1.00 bits per heavy atom. The predicted molar refractivity (Wildman–Crippen MR) is 111 cm³/mol. The first-order valence-corrected chi connectivity index (χ1v) is 10.8. The molecule has 2 aromatic carbocycles. The zero-order valence-electron chi connectivity index (χ0n) is 17.9. The van der Waals surface area contributed by atoms with Gasteiger partial charge in [0.15, 0.2) is 0 Å². The van der Waals surface area contributed by atoms with Crippen LogP contribution in [-0.4, -0.2) is 42.1 Å². The number of piperidine rings is 1. The standard InChI is InChI=1S/C24H26F4N2O2/c1-13-11-30(12-14(2)24(13,32)22-19(26)4-3-5-20(22)27)23(31)18-10-29-9-17(18)16-7-6-15(25)8-21(16)28/h3-8,13-14,17-18,29,32H,9-12H2,1-2H3/t13-,14+,17-,18+,24?/m0/s1. The summed E-state index contributed by atoms with van der Waals surface area (Å²) in [6.07, 6.45) is 0. The lowest BCUT2D eigenvalue weighted by Crippen LogP contribution is -2.57. The van der Waals surface area contributed by atoms with Crippen molar-refractivity contribution in [3.05, 3.63) is 70.8 Å². The normalized spacial score (nSPS) is 30.5. The van der Waals surface area contributed by atoms with E-state index in [9.17, 15) is 27.5 Å². The first-order chi connectivity index (χ1) is 15.1. The number of amides is 1. The molecule has 2 heterocycles. The molecule has 2 fully saturated rings. The minimum absolute atomic E-state index is 0.0998. The third-order valence-electron chi connectivity index (χ3n) is 7.06. The van der Waals surface area contributed by atoms with Gasteiger partial charge in [0.05, 0.1) is 11.5 Å². The van der Waals surface area contributed by atoms with E-state index in [1.807, 2.05) is 0 Å². The summed E-state index contributed by atoms with van der Waals surface area (Å²) >= 11 is 0. The molecule has 2 aromatic rings. The number of carbonyl (C=O) groups is 1. The largest absolute Gasteiger partial charge is 0.384 e. The number of carbonyl (C=O) groups excluding carboxylic acids is 1. The predicted octanol–water partition coefficient (Wildman–Crippen LogP) is 3.55. The third-order valence-corrected chi connectivity index (χ3v) is 7.06. The molecule has 0 aromatic heterocycles. The van der Waals surface area contributed by atoms with E-state index in [-0.39, 0.29) is 30.1 Å². The van der Waals surface area contributed by atoms with Gasteiger partial charge in [-0.3, -0.25) is 4.79 Å². The number of aliphatic hydroxyl groups is 1. The number of hydrogen-bond donors (Lipinski definition) is 2. The molecule has 0 bridgehead atoms. The monoisotopic (exact) mass is 450 g/mol. The lowest BCUT2D eigenvalue weighted by Gasteiger charge is -2.48.